The Labute approximate surface area is 238 Å². The molecule has 2 heterocycles. The van der Waals surface area contributed by atoms with E-state index < -0.39 is 12.1 Å². The fraction of sp³-hybridized carbons (Fsp3) is 0.636. The molecule has 0 bridgehead atoms. The fourth-order valence-electron chi connectivity index (χ4n) is 7.34. The highest BCUT2D eigenvalue weighted by atomic mass is 16.2. The van der Waals surface area contributed by atoms with E-state index in [9.17, 15) is 19.6 Å². The molecule has 2 amide bonds. The molecule has 5 rings (SSSR count). The summed E-state index contributed by atoms with van der Waals surface area (Å²) in [5.74, 6) is 0.870. The predicted molar refractivity (Wildman–Crippen MR) is 157 cm³/mol. The largest absolute Gasteiger partial charge is 0.338 e. The summed E-state index contributed by atoms with van der Waals surface area (Å²) in [5, 5.41) is 12.9. The van der Waals surface area contributed by atoms with E-state index >= 15 is 0 Å². The normalized spacial score (nSPS) is 28.2. The van der Waals surface area contributed by atoms with Crippen LogP contribution in [-0.4, -0.2) is 40.3 Å². The number of likely N-dealkylation sites (tertiary alicyclic amines) is 1. The summed E-state index contributed by atoms with van der Waals surface area (Å²) in [6.45, 7) is 7.02. The molecule has 1 aliphatic heterocycles. The molecule has 40 heavy (non-hydrogen) atoms. The zero-order chi connectivity index (χ0) is 28.4. The molecule has 4 aliphatic rings. The second-order valence-corrected chi connectivity index (χ2v) is 13.2. The van der Waals surface area contributed by atoms with Crippen molar-refractivity contribution in [2.45, 2.75) is 97.1 Å². The summed E-state index contributed by atoms with van der Waals surface area (Å²) in [5.41, 5.74) is 1.84. The van der Waals surface area contributed by atoms with Crippen LogP contribution in [0.1, 0.15) is 95.4 Å². The van der Waals surface area contributed by atoms with Crippen LogP contribution in [0.4, 0.5) is 0 Å². The van der Waals surface area contributed by atoms with Crippen molar-refractivity contribution in [3.63, 3.8) is 0 Å². The molecular formula is C33H44N4O3. The third kappa shape index (κ3) is 5.96. The van der Waals surface area contributed by atoms with Gasteiger partial charge >= 0.3 is 0 Å². The number of amides is 2. The molecule has 2 saturated carbocycles. The highest BCUT2D eigenvalue weighted by Crippen LogP contribution is 2.65. The summed E-state index contributed by atoms with van der Waals surface area (Å²) >= 11 is 0. The summed E-state index contributed by atoms with van der Waals surface area (Å²) in [4.78, 5) is 44.9. The highest BCUT2D eigenvalue weighted by molar-refractivity contribution is 5.90. The molecule has 2 N–H and O–H groups in total. The predicted octanol–water partition coefficient (Wildman–Crippen LogP) is 5.23. The van der Waals surface area contributed by atoms with Gasteiger partial charge in [0.2, 0.25) is 11.8 Å². The van der Waals surface area contributed by atoms with Crippen molar-refractivity contribution in [1.29, 1.82) is 5.26 Å². The maximum absolute atomic E-state index is 13.7. The van der Waals surface area contributed by atoms with Crippen LogP contribution >= 0.6 is 0 Å². The number of carbonyl (C=O) groups excluding carboxylic acids is 2. The first-order valence-corrected chi connectivity index (χ1v) is 15.3. The van der Waals surface area contributed by atoms with Gasteiger partial charge in [-0.15, -0.1) is 0 Å². The van der Waals surface area contributed by atoms with Crippen molar-refractivity contribution in [3.05, 3.63) is 45.4 Å². The van der Waals surface area contributed by atoms with Crippen LogP contribution in [0.2, 0.25) is 0 Å². The molecule has 0 aromatic carbocycles. The lowest BCUT2D eigenvalue weighted by atomic mass is 9.92. The maximum Gasteiger partial charge on any atom is 0.251 e. The quantitative estimate of drug-likeness (QED) is 0.512. The van der Waals surface area contributed by atoms with Crippen LogP contribution in [0.3, 0.4) is 0 Å². The number of H-pyrrole nitrogens is 1. The lowest BCUT2D eigenvalue weighted by Crippen LogP contribution is -2.52. The average Bonchev–Trinajstić information content (AvgIpc) is 3.27. The lowest BCUT2D eigenvalue weighted by molar-refractivity contribution is -0.141. The lowest BCUT2D eigenvalue weighted by Gasteiger charge is -2.32. The Morgan fingerprint density at radius 2 is 1.80 bits per heavy atom. The first kappa shape index (κ1) is 28.4. The molecule has 3 fully saturated rings. The van der Waals surface area contributed by atoms with Gasteiger partial charge in [0.15, 0.2) is 0 Å². The zero-order valence-electron chi connectivity index (χ0n) is 24.2. The molecule has 7 heteroatoms. The van der Waals surface area contributed by atoms with Crippen LogP contribution in [0, 0.1) is 40.4 Å². The van der Waals surface area contributed by atoms with E-state index in [-0.39, 0.29) is 41.0 Å². The molecule has 1 aromatic rings. The van der Waals surface area contributed by atoms with Gasteiger partial charge < -0.3 is 15.2 Å². The molecule has 0 radical (unpaired) electrons. The van der Waals surface area contributed by atoms with Crippen LogP contribution in [0.25, 0.3) is 12.2 Å². The molecule has 1 saturated heterocycles. The number of piperidine rings is 1. The van der Waals surface area contributed by atoms with Gasteiger partial charge in [0, 0.05) is 30.6 Å². The Hall–Kier alpha value is -3.14. The number of allylic oxidation sites excluding steroid dienone is 2. The minimum atomic E-state index is -0.858. The number of fused-ring (bicyclic) bond motifs is 2. The van der Waals surface area contributed by atoms with Crippen LogP contribution < -0.4 is 10.9 Å². The third-order valence-electron chi connectivity index (χ3n) is 9.96. The zero-order valence-corrected chi connectivity index (χ0v) is 24.2. The average molecular weight is 545 g/mol. The second kappa shape index (κ2) is 11.8. The Balaban J connectivity index is 1.28. The van der Waals surface area contributed by atoms with E-state index in [1.807, 2.05) is 29.2 Å². The van der Waals surface area contributed by atoms with E-state index in [0.717, 1.165) is 24.1 Å². The highest BCUT2D eigenvalue weighted by Gasteiger charge is 2.69. The van der Waals surface area contributed by atoms with Crippen molar-refractivity contribution >= 4 is 24.0 Å². The minimum Gasteiger partial charge on any atom is -0.338 e. The van der Waals surface area contributed by atoms with Crippen molar-refractivity contribution in [1.82, 2.24) is 15.2 Å². The second-order valence-electron chi connectivity index (χ2n) is 13.2. The first-order chi connectivity index (χ1) is 19.2. The van der Waals surface area contributed by atoms with Crippen molar-refractivity contribution < 1.29 is 9.59 Å². The van der Waals surface area contributed by atoms with E-state index in [2.05, 4.69) is 43.2 Å². The maximum atomic E-state index is 13.7. The topological polar surface area (TPSA) is 106 Å². The molecule has 0 spiro atoms. The number of aromatic nitrogens is 1. The number of nitrogens with zero attached hydrogens (tertiary/aromatic N) is 2. The molecule has 3 aliphatic carbocycles. The van der Waals surface area contributed by atoms with Gasteiger partial charge in [-0.3, -0.25) is 14.4 Å². The first-order valence-electron chi connectivity index (χ1n) is 15.3. The van der Waals surface area contributed by atoms with Crippen LogP contribution in [0.15, 0.2) is 23.0 Å². The Morgan fingerprint density at radius 1 is 1.12 bits per heavy atom. The van der Waals surface area contributed by atoms with Gasteiger partial charge in [-0.25, -0.2) is 0 Å². The Morgan fingerprint density at radius 3 is 2.50 bits per heavy atom. The monoisotopic (exact) mass is 544 g/mol. The Bertz CT molecular complexity index is 1280. The number of pyridine rings is 1. The third-order valence-corrected chi connectivity index (χ3v) is 9.96. The standard InChI is InChI=1S/C33H44N4O3/c1-21-12-14-23-17-24(31(39)36-27(23)15-13-21)18-25(19-34)35-32(40)30-29-26(33(29,2)3)20-37(30)28(38)16-22-10-8-6-4-5-7-9-11-22/h12-15,17,21-22,25-26,29-30H,4-11,16,18,20H2,1-3H3,(H,35,40)(H,36,39). The number of hydrogen-bond acceptors (Lipinski definition) is 4. The van der Waals surface area contributed by atoms with Crippen LogP contribution in [0.5, 0.6) is 0 Å². The summed E-state index contributed by atoms with van der Waals surface area (Å²) < 4.78 is 0. The molecule has 214 valence electrons. The van der Waals surface area contributed by atoms with E-state index in [1.165, 1.54) is 38.5 Å². The Kier molecular flexibility index (Phi) is 8.35. The molecule has 5 atom stereocenters. The number of carbonyl (C=O) groups is 2. The number of aromatic amines is 1. The van der Waals surface area contributed by atoms with E-state index in [1.54, 1.807) is 0 Å². The van der Waals surface area contributed by atoms with Gasteiger partial charge in [0.05, 0.1) is 6.07 Å². The van der Waals surface area contributed by atoms with E-state index in [4.69, 9.17) is 0 Å². The van der Waals surface area contributed by atoms with Gasteiger partial charge in [-0.2, -0.15) is 5.26 Å². The van der Waals surface area contributed by atoms with Gasteiger partial charge in [-0.1, -0.05) is 77.5 Å². The van der Waals surface area contributed by atoms with Gasteiger partial charge in [-0.05, 0) is 59.6 Å². The number of nitrogens with one attached hydrogen (secondary N) is 2. The van der Waals surface area contributed by atoms with Crippen LogP contribution in [-0.2, 0) is 16.0 Å². The summed E-state index contributed by atoms with van der Waals surface area (Å²) in [7, 11) is 0. The summed E-state index contributed by atoms with van der Waals surface area (Å²) in [6.07, 6.45) is 18.2. The van der Waals surface area contributed by atoms with Gasteiger partial charge in [0.25, 0.3) is 5.56 Å². The number of rotatable bonds is 6. The van der Waals surface area contributed by atoms with Gasteiger partial charge in [0.1, 0.15) is 12.1 Å². The molecule has 5 unspecified atom stereocenters. The SMILES string of the molecule is CC1C=Cc2cc(CC(C#N)NC(=O)C3C4C(CN3C(=O)CC3CCCCCCCC3)C4(C)C)c(=O)[nH]c2C=C1. The van der Waals surface area contributed by atoms with E-state index in [0.29, 0.717) is 30.4 Å². The van der Waals surface area contributed by atoms with Crippen molar-refractivity contribution in [2.24, 2.45) is 29.1 Å². The van der Waals surface area contributed by atoms with Crippen molar-refractivity contribution in [3.8, 4) is 6.07 Å². The molecule has 7 nitrogen and oxygen atoms in total. The molecular weight excluding hydrogens is 500 g/mol. The fourth-order valence-corrected chi connectivity index (χ4v) is 7.34. The van der Waals surface area contributed by atoms with Crippen molar-refractivity contribution in [2.75, 3.05) is 6.54 Å². The smallest absolute Gasteiger partial charge is 0.251 e. The summed E-state index contributed by atoms with van der Waals surface area (Å²) in [6, 6.07) is 2.59. The number of nitriles is 1. The number of hydrogen-bond donors (Lipinski definition) is 2. The minimum absolute atomic E-state index is 0.00419. The molecule has 1 aromatic heterocycles.